The number of allylic oxidation sites excluding steroid dienone is 1. The van der Waals surface area contributed by atoms with Gasteiger partial charge in [0.2, 0.25) is 0 Å². The number of esters is 1. The van der Waals surface area contributed by atoms with Crippen molar-refractivity contribution in [1.82, 2.24) is 4.90 Å². The molecule has 5 atom stereocenters. The molecule has 0 aromatic heterocycles. The van der Waals surface area contributed by atoms with Crippen molar-refractivity contribution in [1.29, 1.82) is 0 Å². The fourth-order valence-electron chi connectivity index (χ4n) is 7.06. The van der Waals surface area contributed by atoms with Crippen molar-refractivity contribution in [2.75, 3.05) is 39.3 Å². The number of ether oxygens (including phenoxy) is 2. The molecule has 1 aromatic rings. The van der Waals surface area contributed by atoms with Crippen molar-refractivity contribution in [2.45, 2.75) is 37.3 Å². The van der Waals surface area contributed by atoms with Crippen LogP contribution in [0.5, 0.6) is 5.75 Å². The molecule has 0 N–H and O–H groups in total. The van der Waals surface area contributed by atoms with Gasteiger partial charge >= 0.3 is 5.97 Å². The fraction of sp³-hybridized carbons (Fsp3) is 0.591. The lowest BCUT2D eigenvalue weighted by Crippen LogP contribution is -2.66. The Bertz CT molecular complexity index is 850. The van der Waals surface area contributed by atoms with E-state index in [2.05, 4.69) is 42.0 Å². The average molecular weight is 368 g/mol. The number of carbonyl (C=O) groups excluding carboxylic acids is 1. The maximum atomic E-state index is 13.2. The van der Waals surface area contributed by atoms with Crippen LogP contribution in [0, 0.1) is 11.8 Å². The summed E-state index contributed by atoms with van der Waals surface area (Å²) in [7, 11) is 5.46. The summed E-state index contributed by atoms with van der Waals surface area (Å²) in [6, 6.07) is 6.38. The first-order valence-corrected chi connectivity index (χ1v) is 9.95. The molecule has 0 amide bonds. The number of likely N-dealkylation sites (N-methyl/N-ethyl adjacent to an activating group) is 1. The molecule has 1 spiro atoms. The van der Waals surface area contributed by atoms with E-state index in [0.717, 1.165) is 38.1 Å². The minimum atomic E-state index is -0.244. The molecule has 5 nitrogen and oxygen atoms in total. The Balaban J connectivity index is 1.84. The minimum Gasteiger partial charge on any atom is -0.497 e. The number of rotatable bonds is 2. The predicted molar refractivity (Wildman–Crippen MR) is 104 cm³/mol. The van der Waals surface area contributed by atoms with Gasteiger partial charge in [-0.2, -0.15) is 0 Å². The summed E-state index contributed by atoms with van der Waals surface area (Å²) in [6.45, 7) is 4.08. The summed E-state index contributed by atoms with van der Waals surface area (Å²) in [4.78, 5) is 18.3. The molecule has 27 heavy (non-hydrogen) atoms. The quantitative estimate of drug-likeness (QED) is 0.593. The fourth-order valence-corrected chi connectivity index (χ4v) is 7.06. The molecule has 1 saturated carbocycles. The first-order chi connectivity index (χ1) is 13.0. The van der Waals surface area contributed by atoms with Gasteiger partial charge in [0.15, 0.2) is 0 Å². The largest absolute Gasteiger partial charge is 0.497 e. The van der Waals surface area contributed by atoms with Crippen LogP contribution in [0.25, 0.3) is 0 Å². The van der Waals surface area contributed by atoms with E-state index in [1.54, 1.807) is 7.11 Å². The van der Waals surface area contributed by atoms with Gasteiger partial charge in [0.05, 0.1) is 20.1 Å². The molecule has 1 aliphatic carbocycles. The topological polar surface area (TPSA) is 42.0 Å². The van der Waals surface area contributed by atoms with E-state index < -0.39 is 0 Å². The van der Waals surface area contributed by atoms with Crippen molar-refractivity contribution >= 4 is 11.7 Å². The summed E-state index contributed by atoms with van der Waals surface area (Å²) < 4.78 is 11.0. The highest BCUT2D eigenvalue weighted by atomic mass is 16.5. The van der Waals surface area contributed by atoms with Gasteiger partial charge in [-0.25, -0.2) is 0 Å². The zero-order valence-corrected chi connectivity index (χ0v) is 16.6. The van der Waals surface area contributed by atoms with Gasteiger partial charge in [-0.3, -0.25) is 9.69 Å². The first kappa shape index (κ1) is 17.1. The van der Waals surface area contributed by atoms with Crippen LogP contribution >= 0.6 is 0 Å². The van der Waals surface area contributed by atoms with Gasteiger partial charge in [-0.05, 0) is 55.9 Å². The zero-order chi connectivity index (χ0) is 19.0. The second kappa shape index (κ2) is 5.51. The molecule has 1 unspecified atom stereocenters. The molecule has 4 bridgehead atoms. The van der Waals surface area contributed by atoms with Gasteiger partial charge in [-0.15, -0.1) is 0 Å². The highest BCUT2D eigenvalue weighted by Gasteiger charge is 2.75. The lowest BCUT2D eigenvalue weighted by molar-refractivity contribution is -0.154. The molecule has 6 rings (SSSR count). The summed E-state index contributed by atoms with van der Waals surface area (Å²) >= 11 is 0. The van der Waals surface area contributed by atoms with Gasteiger partial charge in [0.1, 0.15) is 11.4 Å². The van der Waals surface area contributed by atoms with Gasteiger partial charge in [0, 0.05) is 31.2 Å². The summed E-state index contributed by atoms with van der Waals surface area (Å²) in [6.07, 6.45) is 5.34. The van der Waals surface area contributed by atoms with Crippen molar-refractivity contribution in [3.63, 3.8) is 0 Å². The van der Waals surface area contributed by atoms with E-state index in [9.17, 15) is 4.79 Å². The van der Waals surface area contributed by atoms with Crippen LogP contribution in [0.1, 0.15) is 31.7 Å². The molecule has 1 aromatic carbocycles. The van der Waals surface area contributed by atoms with E-state index in [-0.39, 0.29) is 28.9 Å². The van der Waals surface area contributed by atoms with Crippen molar-refractivity contribution in [3.8, 4) is 5.75 Å². The van der Waals surface area contributed by atoms with Crippen molar-refractivity contribution in [3.05, 3.63) is 35.4 Å². The van der Waals surface area contributed by atoms with E-state index in [0.29, 0.717) is 0 Å². The minimum absolute atomic E-state index is 0.0590. The third-order valence-electron chi connectivity index (χ3n) is 8.03. The average Bonchev–Trinajstić information content (AvgIpc) is 3.03. The molecule has 5 heteroatoms. The highest BCUT2D eigenvalue weighted by molar-refractivity contribution is 5.82. The standard InChI is InChI=1S/C22H28N2O3/c1-5-14-13-24-11-10-21-17-12-15(26-3)6-7-18(17)23(2)22(21,24)9-8-16(14)19(21)20(25)27-4/h5-7,12,16,19H,8-11,13H2,1-4H3/b14-5-/t16-,19-,21-,22-/m0/s1. The van der Waals surface area contributed by atoms with E-state index in [1.165, 1.54) is 23.9 Å². The molecule has 4 aliphatic heterocycles. The summed E-state index contributed by atoms with van der Waals surface area (Å²) in [5.41, 5.74) is 3.51. The number of methoxy groups -OCH3 is 2. The van der Waals surface area contributed by atoms with Crippen molar-refractivity contribution in [2.24, 2.45) is 11.8 Å². The molecular weight excluding hydrogens is 340 g/mol. The maximum Gasteiger partial charge on any atom is 0.310 e. The number of nitrogens with zero attached hydrogens (tertiary/aromatic N) is 2. The molecule has 5 aliphatic rings. The number of benzene rings is 1. The maximum absolute atomic E-state index is 13.2. The van der Waals surface area contributed by atoms with E-state index in [1.807, 2.05) is 6.07 Å². The van der Waals surface area contributed by atoms with Crippen LogP contribution in [0.2, 0.25) is 0 Å². The molecule has 144 valence electrons. The third kappa shape index (κ3) is 1.73. The first-order valence-electron chi connectivity index (χ1n) is 9.95. The lowest BCUT2D eigenvalue weighted by atomic mass is 9.54. The number of hydrogen-bond acceptors (Lipinski definition) is 5. The van der Waals surface area contributed by atoms with Gasteiger partial charge in [-0.1, -0.05) is 11.6 Å². The predicted octanol–water partition coefficient (Wildman–Crippen LogP) is 2.94. The highest BCUT2D eigenvalue weighted by Crippen LogP contribution is 2.69. The van der Waals surface area contributed by atoms with Crippen LogP contribution in [-0.2, 0) is 14.9 Å². The van der Waals surface area contributed by atoms with Crippen molar-refractivity contribution < 1.29 is 14.3 Å². The number of carbonyl (C=O) groups is 1. The zero-order valence-electron chi connectivity index (χ0n) is 16.6. The van der Waals surface area contributed by atoms with E-state index in [4.69, 9.17) is 9.47 Å². The number of fused-ring (bicyclic) bond motifs is 3. The van der Waals surface area contributed by atoms with Crippen LogP contribution in [-0.4, -0.2) is 50.9 Å². The Morgan fingerprint density at radius 1 is 1.30 bits per heavy atom. The molecular formula is C22H28N2O3. The smallest absolute Gasteiger partial charge is 0.310 e. The summed E-state index contributed by atoms with van der Waals surface area (Å²) in [5.74, 6) is 0.912. The third-order valence-corrected chi connectivity index (χ3v) is 8.03. The molecule has 3 saturated heterocycles. The molecule has 4 heterocycles. The normalized spacial score (nSPS) is 39.9. The van der Waals surface area contributed by atoms with Crippen LogP contribution in [0.3, 0.4) is 0 Å². The number of hydrogen-bond donors (Lipinski definition) is 0. The molecule has 0 radical (unpaired) electrons. The Morgan fingerprint density at radius 2 is 2.11 bits per heavy atom. The number of anilines is 1. The van der Waals surface area contributed by atoms with Gasteiger partial charge < -0.3 is 14.4 Å². The van der Waals surface area contributed by atoms with Crippen LogP contribution in [0.15, 0.2) is 29.8 Å². The SMILES string of the molecule is C/C=C1/CN2CC[C@@]34c5cc(OC)ccc5N(C)[C@@]23CC[C@@H]1[C@H]4C(=O)OC. The van der Waals surface area contributed by atoms with Crippen LogP contribution in [0.4, 0.5) is 5.69 Å². The Morgan fingerprint density at radius 3 is 2.81 bits per heavy atom. The Kier molecular flexibility index (Phi) is 3.49. The second-order valence-electron chi connectivity index (χ2n) is 8.41. The Labute approximate surface area is 160 Å². The Hall–Kier alpha value is -2.01. The van der Waals surface area contributed by atoms with E-state index >= 15 is 0 Å². The second-order valence-corrected chi connectivity index (χ2v) is 8.41. The molecule has 4 fully saturated rings. The van der Waals surface area contributed by atoms with Crippen LogP contribution < -0.4 is 9.64 Å². The summed E-state index contributed by atoms with van der Waals surface area (Å²) in [5, 5.41) is 0. The van der Waals surface area contributed by atoms with Gasteiger partial charge in [0.25, 0.3) is 0 Å². The lowest BCUT2D eigenvalue weighted by Gasteiger charge is -2.54. The monoisotopic (exact) mass is 368 g/mol.